The number of hydrogen-bond acceptors (Lipinski definition) is 5. The third-order valence-corrected chi connectivity index (χ3v) is 3.90. The Kier molecular flexibility index (Phi) is 5.46. The minimum Gasteiger partial charge on any atom is -0.496 e. The van der Waals surface area contributed by atoms with Crippen LogP contribution in [0, 0.1) is 0 Å². The number of hydrogen-bond donors (Lipinski definition) is 1. The van der Waals surface area contributed by atoms with Gasteiger partial charge in [-0.3, -0.25) is 4.98 Å². The molecule has 0 saturated carbocycles. The van der Waals surface area contributed by atoms with Gasteiger partial charge in [-0.25, -0.2) is 9.97 Å². The van der Waals surface area contributed by atoms with Gasteiger partial charge in [0.15, 0.2) is 11.5 Å². The first kappa shape index (κ1) is 18.9. The highest BCUT2D eigenvalue weighted by Crippen LogP contribution is 2.31. The Balaban J connectivity index is 1.93. The van der Waals surface area contributed by atoms with Gasteiger partial charge in [-0.1, -0.05) is 17.7 Å². The molecular weight excluding hydrogens is 381 g/mol. The van der Waals surface area contributed by atoms with E-state index in [0.717, 1.165) is 11.6 Å². The number of nitrogens with one attached hydrogen (secondary N) is 1. The second-order valence-electron chi connectivity index (χ2n) is 5.51. The third kappa shape index (κ3) is 4.65. The second kappa shape index (κ2) is 7.79. The van der Waals surface area contributed by atoms with Gasteiger partial charge in [-0.2, -0.15) is 13.2 Å². The standard InChI is InChI=1S/C18H14ClF3N4O/c1-27-14-8-13(19)3-2-12(14)10-24-16-9-15(18(20,21)22)25-17(26-16)11-4-6-23-7-5-11/h2-9H,10H2,1H3,(H,24,25,26). The number of anilines is 1. The molecule has 2 heterocycles. The van der Waals surface area contributed by atoms with Crippen LogP contribution in [0.25, 0.3) is 11.4 Å². The highest BCUT2D eigenvalue weighted by atomic mass is 35.5. The summed E-state index contributed by atoms with van der Waals surface area (Å²) in [6.45, 7) is 0.199. The zero-order valence-corrected chi connectivity index (χ0v) is 14.8. The maximum absolute atomic E-state index is 13.2. The van der Waals surface area contributed by atoms with Crippen LogP contribution >= 0.6 is 11.6 Å². The van der Waals surface area contributed by atoms with Gasteiger partial charge in [-0.05, 0) is 24.3 Å². The Morgan fingerprint density at radius 1 is 1.07 bits per heavy atom. The number of alkyl halides is 3. The van der Waals surface area contributed by atoms with Gasteiger partial charge < -0.3 is 10.1 Å². The van der Waals surface area contributed by atoms with Crippen molar-refractivity contribution < 1.29 is 17.9 Å². The quantitative estimate of drug-likeness (QED) is 0.671. The van der Waals surface area contributed by atoms with Crippen LogP contribution in [-0.2, 0) is 12.7 Å². The molecule has 0 aliphatic rings. The van der Waals surface area contributed by atoms with Crippen molar-refractivity contribution in [1.29, 1.82) is 0 Å². The summed E-state index contributed by atoms with van der Waals surface area (Å²) in [6.07, 6.45) is -1.67. The van der Waals surface area contributed by atoms with Crippen LogP contribution < -0.4 is 10.1 Å². The number of halogens is 4. The van der Waals surface area contributed by atoms with Crippen LogP contribution in [0.2, 0.25) is 5.02 Å². The number of rotatable bonds is 5. The van der Waals surface area contributed by atoms with Crippen LogP contribution in [0.3, 0.4) is 0 Å². The predicted molar refractivity (Wildman–Crippen MR) is 95.6 cm³/mol. The molecule has 9 heteroatoms. The van der Waals surface area contributed by atoms with Crippen molar-refractivity contribution in [1.82, 2.24) is 15.0 Å². The monoisotopic (exact) mass is 394 g/mol. The Bertz CT molecular complexity index is 936. The summed E-state index contributed by atoms with van der Waals surface area (Å²) in [5, 5.41) is 3.39. The van der Waals surface area contributed by atoms with Gasteiger partial charge in [0.1, 0.15) is 11.6 Å². The summed E-state index contributed by atoms with van der Waals surface area (Å²) >= 11 is 5.92. The van der Waals surface area contributed by atoms with E-state index in [1.54, 1.807) is 30.3 Å². The van der Waals surface area contributed by atoms with Gasteiger partial charge in [0.05, 0.1) is 7.11 Å². The van der Waals surface area contributed by atoms with E-state index >= 15 is 0 Å². The van der Waals surface area contributed by atoms with Gasteiger partial charge in [0, 0.05) is 41.2 Å². The third-order valence-electron chi connectivity index (χ3n) is 3.66. The van der Waals surface area contributed by atoms with E-state index in [9.17, 15) is 13.2 Å². The minimum absolute atomic E-state index is 0.0427. The zero-order chi connectivity index (χ0) is 19.4. The topological polar surface area (TPSA) is 59.9 Å². The number of aromatic nitrogens is 3. The Morgan fingerprint density at radius 3 is 2.48 bits per heavy atom. The summed E-state index contributed by atoms with van der Waals surface area (Å²) in [6, 6.07) is 8.98. The second-order valence-corrected chi connectivity index (χ2v) is 5.94. The molecule has 140 valence electrons. The summed E-state index contributed by atoms with van der Waals surface area (Å²) < 4.78 is 44.9. The molecule has 0 spiro atoms. The largest absolute Gasteiger partial charge is 0.496 e. The fraction of sp³-hybridized carbons (Fsp3) is 0.167. The number of methoxy groups -OCH3 is 1. The fourth-order valence-corrected chi connectivity index (χ4v) is 2.53. The van der Waals surface area contributed by atoms with Crippen LogP contribution in [0.5, 0.6) is 5.75 Å². The molecule has 0 amide bonds. The lowest BCUT2D eigenvalue weighted by atomic mass is 10.2. The molecule has 0 unspecified atom stereocenters. The first-order valence-corrected chi connectivity index (χ1v) is 8.17. The van der Waals surface area contributed by atoms with Crippen molar-refractivity contribution in [2.45, 2.75) is 12.7 Å². The van der Waals surface area contributed by atoms with E-state index in [-0.39, 0.29) is 18.2 Å². The molecular formula is C18H14ClF3N4O. The van der Waals surface area contributed by atoms with Crippen molar-refractivity contribution in [2.75, 3.05) is 12.4 Å². The molecule has 27 heavy (non-hydrogen) atoms. The van der Waals surface area contributed by atoms with E-state index < -0.39 is 11.9 Å². The molecule has 0 radical (unpaired) electrons. The van der Waals surface area contributed by atoms with E-state index in [0.29, 0.717) is 16.3 Å². The van der Waals surface area contributed by atoms with Crippen molar-refractivity contribution in [3.05, 3.63) is 65.1 Å². The Morgan fingerprint density at radius 2 is 1.81 bits per heavy atom. The first-order valence-electron chi connectivity index (χ1n) is 7.80. The van der Waals surface area contributed by atoms with E-state index in [1.165, 1.54) is 19.5 Å². The van der Waals surface area contributed by atoms with Crippen LogP contribution in [-0.4, -0.2) is 22.1 Å². The highest BCUT2D eigenvalue weighted by Gasteiger charge is 2.33. The summed E-state index contributed by atoms with van der Waals surface area (Å²) in [7, 11) is 1.49. The summed E-state index contributed by atoms with van der Waals surface area (Å²) in [5.74, 6) is 0.522. The lowest BCUT2D eigenvalue weighted by Crippen LogP contribution is -2.12. The lowest BCUT2D eigenvalue weighted by Gasteiger charge is -2.13. The molecule has 0 saturated heterocycles. The van der Waals surface area contributed by atoms with Crippen molar-refractivity contribution in [2.24, 2.45) is 0 Å². The van der Waals surface area contributed by atoms with Crippen molar-refractivity contribution in [3.63, 3.8) is 0 Å². The average Bonchev–Trinajstić information content (AvgIpc) is 2.66. The van der Waals surface area contributed by atoms with Crippen LogP contribution in [0.15, 0.2) is 48.8 Å². The molecule has 1 aromatic carbocycles. The molecule has 3 rings (SSSR count). The molecule has 0 atom stereocenters. The summed E-state index contributed by atoms with van der Waals surface area (Å²) in [5.41, 5.74) is 0.123. The molecule has 0 aliphatic carbocycles. The van der Waals surface area contributed by atoms with E-state index in [4.69, 9.17) is 16.3 Å². The van der Waals surface area contributed by atoms with Crippen LogP contribution in [0.1, 0.15) is 11.3 Å². The normalized spacial score (nSPS) is 11.3. The smallest absolute Gasteiger partial charge is 0.433 e. The molecule has 2 aromatic heterocycles. The average molecular weight is 395 g/mol. The first-order chi connectivity index (χ1) is 12.9. The van der Waals surface area contributed by atoms with Crippen LogP contribution in [0.4, 0.5) is 19.0 Å². The number of benzene rings is 1. The number of pyridine rings is 1. The Labute approximate surface area is 158 Å². The molecule has 1 N–H and O–H groups in total. The van der Waals surface area contributed by atoms with E-state index in [1.807, 2.05) is 0 Å². The molecule has 3 aromatic rings. The maximum atomic E-state index is 13.2. The highest BCUT2D eigenvalue weighted by molar-refractivity contribution is 6.30. The molecule has 0 bridgehead atoms. The fourth-order valence-electron chi connectivity index (χ4n) is 2.36. The zero-order valence-electron chi connectivity index (χ0n) is 14.1. The van der Waals surface area contributed by atoms with Crippen molar-refractivity contribution >= 4 is 17.4 Å². The minimum atomic E-state index is -4.60. The molecule has 5 nitrogen and oxygen atoms in total. The van der Waals surface area contributed by atoms with Gasteiger partial charge >= 0.3 is 6.18 Å². The number of nitrogens with zero attached hydrogens (tertiary/aromatic N) is 3. The molecule has 0 fully saturated rings. The van der Waals surface area contributed by atoms with Crippen molar-refractivity contribution in [3.8, 4) is 17.1 Å². The molecule has 0 aliphatic heterocycles. The van der Waals surface area contributed by atoms with Gasteiger partial charge in [0.25, 0.3) is 0 Å². The maximum Gasteiger partial charge on any atom is 0.433 e. The summed E-state index contributed by atoms with van der Waals surface area (Å²) in [4.78, 5) is 11.7. The Hall–Kier alpha value is -2.87. The lowest BCUT2D eigenvalue weighted by molar-refractivity contribution is -0.141. The van der Waals surface area contributed by atoms with Gasteiger partial charge in [0.2, 0.25) is 0 Å². The van der Waals surface area contributed by atoms with Gasteiger partial charge in [-0.15, -0.1) is 0 Å². The van der Waals surface area contributed by atoms with E-state index in [2.05, 4.69) is 20.3 Å². The predicted octanol–water partition coefficient (Wildman–Crippen LogP) is 4.83. The number of ether oxygens (including phenoxy) is 1. The SMILES string of the molecule is COc1cc(Cl)ccc1CNc1cc(C(F)(F)F)nc(-c2ccncc2)n1.